The zero-order valence-corrected chi connectivity index (χ0v) is 9.60. The summed E-state index contributed by atoms with van der Waals surface area (Å²) in [6.07, 6.45) is 0. The lowest BCUT2D eigenvalue weighted by Crippen LogP contribution is -2.13. The fourth-order valence-corrected chi connectivity index (χ4v) is 2.06. The van der Waals surface area contributed by atoms with Crippen LogP contribution in [0.3, 0.4) is 0 Å². The van der Waals surface area contributed by atoms with Gasteiger partial charge in [0, 0.05) is 18.0 Å². The van der Waals surface area contributed by atoms with Crippen LogP contribution in [0.1, 0.15) is 12.5 Å². The van der Waals surface area contributed by atoms with Crippen LogP contribution in [-0.2, 0) is 0 Å². The molecule has 0 radical (unpaired) electrons. The van der Waals surface area contributed by atoms with Gasteiger partial charge in [-0.25, -0.2) is 0 Å². The molecule has 3 N–H and O–H groups in total. The first-order chi connectivity index (χ1) is 7.33. The number of nitrogens with zero attached hydrogens (tertiary/aromatic N) is 1. The van der Waals surface area contributed by atoms with Crippen LogP contribution in [0.2, 0.25) is 0 Å². The Kier molecular flexibility index (Phi) is 5.02. The third kappa shape index (κ3) is 3.15. The van der Waals surface area contributed by atoms with Gasteiger partial charge < -0.3 is 11.1 Å². The summed E-state index contributed by atoms with van der Waals surface area (Å²) >= 11 is 1.68. The minimum Gasteiger partial charge on any atom is -0.383 e. The van der Waals surface area contributed by atoms with Gasteiger partial charge in [0.05, 0.1) is 11.3 Å². The highest BCUT2D eigenvalue weighted by Crippen LogP contribution is 2.27. The number of nitriles is 1. The molecule has 80 valence electrons. The van der Waals surface area contributed by atoms with Crippen LogP contribution in [0.5, 0.6) is 0 Å². The number of hydrogen-bond acceptors (Lipinski definition) is 4. The van der Waals surface area contributed by atoms with Crippen molar-refractivity contribution in [2.24, 2.45) is 5.73 Å². The molecule has 15 heavy (non-hydrogen) atoms. The summed E-state index contributed by atoms with van der Waals surface area (Å²) in [5.41, 5.74) is 7.01. The molecule has 1 rings (SSSR count). The molecule has 0 unspecified atom stereocenters. The lowest BCUT2D eigenvalue weighted by Gasteiger charge is -2.09. The maximum atomic E-state index is 9.09. The zero-order valence-electron chi connectivity index (χ0n) is 8.79. The second-order valence-electron chi connectivity index (χ2n) is 2.94. The molecule has 0 atom stereocenters. The van der Waals surface area contributed by atoms with Crippen molar-refractivity contribution in [2.75, 3.05) is 24.2 Å². The first-order valence-electron chi connectivity index (χ1n) is 4.93. The molecule has 0 amide bonds. The van der Waals surface area contributed by atoms with Gasteiger partial charge in [0.25, 0.3) is 0 Å². The van der Waals surface area contributed by atoms with Crippen LogP contribution in [0.15, 0.2) is 23.1 Å². The summed E-state index contributed by atoms with van der Waals surface area (Å²) in [4.78, 5) is 1.03. The van der Waals surface area contributed by atoms with Crippen molar-refractivity contribution in [3.8, 4) is 6.07 Å². The van der Waals surface area contributed by atoms with Crippen molar-refractivity contribution in [1.82, 2.24) is 0 Å². The number of benzene rings is 1. The van der Waals surface area contributed by atoms with E-state index in [1.54, 1.807) is 11.8 Å². The predicted molar refractivity (Wildman–Crippen MR) is 65.1 cm³/mol. The number of rotatable bonds is 5. The summed E-state index contributed by atoms with van der Waals surface area (Å²) in [7, 11) is 0. The van der Waals surface area contributed by atoms with Gasteiger partial charge in [0.15, 0.2) is 0 Å². The van der Waals surface area contributed by atoms with Crippen molar-refractivity contribution in [3.63, 3.8) is 0 Å². The first-order valence-corrected chi connectivity index (χ1v) is 5.91. The smallest absolute Gasteiger partial charge is 0.102 e. The summed E-state index contributed by atoms with van der Waals surface area (Å²) in [5, 5.41) is 12.2. The second kappa shape index (κ2) is 6.33. The van der Waals surface area contributed by atoms with Crippen molar-refractivity contribution in [3.05, 3.63) is 23.8 Å². The first kappa shape index (κ1) is 11.9. The minimum atomic E-state index is 0.565. The SMILES string of the molecule is CCSc1cccc(NCCN)c1C#N. The Balaban J connectivity index is 2.95. The summed E-state index contributed by atoms with van der Waals surface area (Å²) in [6, 6.07) is 8.07. The molecule has 1 aromatic carbocycles. The van der Waals surface area contributed by atoms with Crippen LogP contribution >= 0.6 is 11.8 Å². The fourth-order valence-electron chi connectivity index (χ4n) is 1.28. The van der Waals surface area contributed by atoms with Gasteiger partial charge in [-0.3, -0.25) is 0 Å². The monoisotopic (exact) mass is 221 g/mol. The Bertz CT molecular complexity index is 357. The summed E-state index contributed by atoms with van der Waals surface area (Å²) in [6.45, 7) is 3.33. The Hall–Kier alpha value is -1.18. The van der Waals surface area contributed by atoms with E-state index in [1.807, 2.05) is 18.2 Å². The lowest BCUT2D eigenvalue weighted by atomic mass is 10.2. The molecule has 0 aliphatic heterocycles. The van der Waals surface area contributed by atoms with Crippen molar-refractivity contribution < 1.29 is 0 Å². The van der Waals surface area contributed by atoms with E-state index in [9.17, 15) is 0 Å². The number of nitrogens with two attached hydrogens (primary N) is 1. The van der Waals surface area contributed by atoms with Gasteiger partial charge in [0.1, 0.15) is 6.07 Å². The second-order valence-corrected chi connectivity index (χ2v) is 4.24. The molecule has 1 aromatic rings. The molecule has 0 aliphatic carbocycles. The van der Waals surface area contributed by atoms with Gasteiger partial charge in [0.2, 0.25) is 0 Å². The highest BCUT2D eigenvalue weighted by atomic mass is 32.2. The Morgan fingerprint density at radius 1 is 1.53 bits per heavy atom. The van der Waals surface area contributed by atoms with Gasteiger partial charge >= 0.3 is 0 Å². The number of anilines is 1. The van der Waals surface area contributed by atoms with Crippen LogP contribution in [-0.4, -0.2) is 18.8 Å². The third-order valence-corrected chi connectivity index (χ3v) is 2.84. The Morgan fingerprint density at radius 2 is 2.33 bits per heavy atom. The van der Waals surface area contributed by atoms with E-state index in [0.29, 0.717) is 13.1 Å². The molecule has 0 spiro atoms. The quantitative estimate of drug-likeness (QED) is 0.747. The van der Waals surface area contributed by atoms with Crippen LogP contribution < -0.4 is 11.1 Å². The van der Waals surface area contributed by atoms with Crippen LogP contribution in [0.25, 0.3) is 0 Å². The maximum absolute atomic E-state index is 9.09. The zero-order chi connectivity index (χ0) is 11.1. The highest BCUT2D eigenvalue weighted by Gasteiger charge is 2.06. The maximum Gasteiger partial charge on any atom is 0.102 e. The summed E-state index contributed by atoms with van der Waals surface area (Å²) in [5.74, 6) is 0.967. The molecule has 0 aromatic heterocycles. The molecule has 0 heterocycles. The minimum absolute atomic E-state index is 0.565. The van der Waals surface area contributed by atoms with E-state index in [4.69, 9.17) is 11.0 Å². The van der Waals surface area contributed by atoms with Gasteiger partial charge in [-0.1, -0.05) is 13.0 Å². The number of hydrogen-bond donors (Lipinski definition) is 2. The van der Waals surface area contributed by atoms with Crippen molar-refractivity contribution >= 4 is 17.4 Å². The average molecular weight is 221 g/mol. The highest BCUT2D eigenvalue weighted by molar-refractivity contribution is 7.99. The van der Waals surface area contributed by atoms with Gasteiger partial charge in [-0.05, 0) is 17.9 Å². The van der Waals surface area contributed by atoms with Crippen LogP contribution in [0, 0.1) is 11.3 Å². The molecule has 0 saturated carbocycles. The normalized spacial score (nSPS) is 9.67. The Labute approximate surface area is 94.7 Å². The molecule has 0 saturated heterocycles. The van der Waals surface area contributed by atoms with E-state index < -0.39 is 0 Å². The molecule has 0 bridgehead atoms. The number of nitrogens with one attached hydrogen (secondary N) is 1. The molecule has 0 fully saturated rings. The molecular formula is C11H15N3S. The fraction of sp³-hybridized carbons (Fsp3) is 0.364. The van der Waals surface area contributed by atoms with E-state index in [2.05, 4.69) is 18.3 Å². The van der Waals surface area contributed by atoms with Gasteiger partial charge in [-0.2, -0.15) is 5.26 Å². The van der Waals surface area contributed by atoms with E-state index in [0.717, 1.165) is 21.9 Å². The predicted octanol–water partition coefficient (Wildman–Crippen LogP) is 2.04. The lowest BCUT2D eigenvalue weighted by molar-refractivity contribution is 1.02. The van der Waals surface area contributed by atoms with Gasteiger partial charge in [-0.15, -0.1) is 11.8 Å². The standard InChI is InChI=1S/C11H15N3S/c1-2-15-11-5-3-4-10(9(11)8-13)14-7-6-12/h3-5,14H,2,6-7,12H2,1H3. The summed E-state index contributed by atoms with van der Waals surface area (Å²) < 4.78 is 0. The molecule has 4 heteroatoms. The average Bonchev–Trinajstić information content (AvgIpc) is 2.27. The third-order valence-electron chi connectivity index (χ3n) is 1.90. The van der Waals surface area contributed by atoms with Crippen molar-refractivity contribution in [1.29, 1.82) is 5.26 Å². The molecule has 0 aliphatic rings. The van der Waals surface area contributed by atoms with E-state index in [-0.39, 0.29) is 0 Å². The topological polar surface area (TPSA) is 61.8 Å². The van der Waals surface area contributed by atoms with E-state index in [1.165, 1.54) is 0 Å². The largest absolute Gasteiger partial charge is 0.383 e. The van der Waals surface area contributed by atoms with Crippen molar-refractivity contribution in [2.45, 2.75) is 11.8 Å². The molecular weight excluding hydrogens is 206 g/mol. The van der Waals surface area contributed by atoms with E-state index >= 15 is 0 Å². The molecule has 3 nitrogen and oxygen atoms in total. The Morgan fingerprint density at radius 3 is 2.93 bits per heavy atom. The number of thioether (sulfide) groups is 1. The van der Waals surface area contributed by atoms with Crippen LogP contribution in [0.4, 0.5) is 5.69 Å².